The highest BCUT2D eigenvalue weighted by molar-refractivity contribution is 5.64. The first kappa shape index (κ1) is 28.4. The fourth-order valence-electron chi connectivity index (χ4n) is 3.33. The van der Waals surface area contributed by atoms with Crippen LogP contribution in [0.3, 0.4) is 0 Å². The third kappa shape index (κ3) is 26.4. The second-order valence-corrected chi connectivity index (χ2v) is 8.18. The van der Waals surface area contributed by atoms with Gasteiger partial charge in [-0.1, -0.05) is 113 Å². The summed E-state index contributed by atoms with van der Waals surface area (Å²) in [5, 5.41) is 10.3. The fourth-order valence-corrected chi connectivity index (χ4v) is 3.33. The van der Waals surface area contributed by atoms with Crippen molar-refractivity contribution in [3.8, 4) is 0 Å². The Morgan fingerprint density at radius 1 is 0.533 bits per heavy atom. The molecule has 0 saturated carbocycles. The minimum atomic E-state index is -0.913. The summed E-state index contributed by atoms with van der Waals surface area (Å²) in [6.07, 6.45) is 38.7. The SMILES string of the molecule is CCCCC/C=C\C/C=C\C/C=C\C/C=C\CCCCCCCCCCCC(=O)[O-]. The summed E-state index contributed by atoms with van der Waals surface area (Å²) in [5.41, 5.74) is 0. The van der Waals surface area contributed by atoms with Gasteiger partial charge in [-0.3, -0.25) is 0 Å². The van der Waals surface area contributed by atoms with Gasteiger partial charge in [-0.05, 0) is 57.8 Å². The van der Waals surface area contributed by atoms with Gasteiger partial charge in [0.2, 0.25) is 0 Å². The largest absolute Gasteiger partial charge is 0.550 e. The van der Waals surface area contributed by atoms with Crippen molar-refractivity contribution in [3.05, 3.63) is 48.6 Å². The molecule has 172 valence electrons. The number of rotatable bonds is 22. The van der Waals surface area contributed by atoms with Gasteiger partial charge in [0.15, 0.2) is 0 Å². The van der Waals surface area contributed by atoms with Gasteiger partial charge in [0.25, 0.3) is 0 Å². The number of unbranched alkanes of at least 4 members (excludes halogenated alkanes) is 12. The molecule has 0 N–H and O–H groups in total. The van der Waals surface area contributed by atoms with E-state index in [-0.39, 0.29) is 6.42 Å². The lowest BCUT2D eigenvalue weighted by Crippen LogP contribution is -2.21. The summed E-state index contributed by atoms with van der Waals surface area (Å²) in [6.45, 7) is 2.25. The van der Waals surface area contributed by atoms with Crippen LogP contribution in [-0.2, 0) is 4.79 Å². The summed E-state index contributed by atoms with van der Waals surface area (Å²) in [7, 11) is 0. The molecular weight excluding hydrogens is 368 g/mol. The smallest absolute Gasteiger partial charge is 0.0414 e. The molecule has 0 aromatic carbocycles. The zero-order chi connectivity index (χ0) is 22.0. The normalized spacial score (nSPS) is 12.3. The Bertz CT molecular complexity index is 471. The Balaban J connectivity index is 3.29. The maximum Gasteiger partial charge on any atom is 0.0414 e. The Labute approximate surface area is 187 Å². The van der Waals surface area contributed by atoms with E-state index in [2.05, 4.69) is 55.5 Å². The molecule has 0 aliphatic heterocycles. The van der Waals surface area contributed by atoms with Gasteiger partial charge in [0.05, 0.1) is 0 Å². The van der Waals surface area contributed by atoms with Crippen molar-refractivity contribution < 1.29 is 9.90 Å². The number of aliphatic carboxylic acids is 1. The van der Waals surface area contributed by atoms with Crippen molar-refractivity contribution >= 4 is 5.97 Å². The molecular formula is C28H47O2-. The molecule has 2 heteroatoms. The summed E-state index contributed by atoms with van der Waals surface area (Å²) < 4.78 is 0. The summed E-state index contributed by atoms with van der Waals surface area (Å²) in [4.78, 5) is 10.3. The molecule has 0 saturated heterocycles. The zero-order valence-electron chi connectivity index (χ0n) is 19.7. The van der Waals surface area contributed by atoms with Gasteiger partial charge in [-0.15, -0.1) is 0 Å². The van der Waals surface area contributed by atoms with E-state index in [4.69, 9.17) is 0 Å². The van der Waals surface area contributed by atoms with Crippen molar-refractivity contribution in [1.82, 2.24) is 0 Å². The first-order chi connectivity index (χ1) is 14.8. The number of carboxylic acid groups (broad SMARTS) is 1. The minimum Gasteiger partial charge on any atom is -0.550 e. The second kappa shape index (κ2) is 25.5. The third-order valence-corrected chi connectivity index (χ3v) is 5.21. The molecule has 30 heavy (non-hydrogen) atoms. The zero-order valence-corrected chi connectivity index (χ0v) is 19.7. The highest BCUT2D eigenvalue weighted by Crippen LogP contribution is 2.11. The first-order valence-electron chi connectivity index (χ1n) is 12.6. The lowest BCUT2D eigenvalue weighted by Gasteiger charge is -2.03. The minimum absolute atomic E-state index is 0.220. The van der Waals surface area contributed by atoms with Crippen LogP contribution in [0.25, 0.3) is 0 Å². The van der Waals surface area contributed by atoms with Crippen LogP contribution in [0.4, 0.5) is 0 Å². The van der Waals surface area contributed by atoms with Gasteiger partial charge < -0.3 is 9.90 Å². The average molecular weight is 416 g/mol. The van der Waals surface area contributed by atoms with Crippen molar-refractivity contribution in [1.29, 1.82) is 0 Å². The third-order valence-electron chi connectivity index (χ3n) is 5.21. The molecule has 0 aliphatic rings. The summed E-state index contributed by atoms with van der Waals surface area (Å²) in [5.74, 6) is -0.913. The molecule has 0 rings (SSSR count). The number of hydrogen-bond acceptors (Lipinski definition) is 2. The van der Waals surface area contributed by atoms with E-state index < -0.39 is 5.97 Å². The lowest BCUT2D eigenvalue weighted by molar-refractivity contribution is -0.305. The molecule has 0 amide bonds. The Hall–Kier alpha value is -1.57. The molecule has 0 aromatic heterocycles. The van der Waals surface area contributed by atoms with E-state index in [0.29, 0.717) is 0 Å². The summed E-state index contributed by atoms with van der Waals surface area (Å²) in [6, 6.07) is 0. The topological polar surface area (TPSA) is 40.1 Å². The molecule has 0 aliphatic carbocycles. The maximum atomic E-state index is 10.3. The number of carbonyl (C=O) groups excluding carboxylic acids is 1. The molecule has 0 heterocycles. The molecule has 0 spiro atoms. The Morgan fingerprint density at radius 2 is 0.900 bits per heavy atom. The van der Waals surface area contributed by atoms with E-state index in [1.165, 1.54) is 70.6 Å². The predicted molar refractivity (Wildman–Crippen MR) is 130 cm³/mol. The molecule has 0 unspecified atom stereocenters. The number of carbonyl (C=O) groups is 1. The number of hydrogen-bond donors (Lipinski definition) is 0. The van der Waals surface area contributed by atoms with Crippen LogP contribution >= 0.6 is 0 Å². The van der Waals surface area contributed by atoms with Gasteiger partial charge in [0.1, 0.15) is 0 Å². The van der Waals surface area contributed by atoms with E-state index in [1.54, 1.807) is 0 Å². The van der Waals surface area contributed by atoms with Crippen LogP contribution in [0.5, 0.6) is 0 Å². The van der Waals surface area contributed by atoms with E-state index in [9.17, 15) is 9.90 Å². The van der Waals surface area contributed by atoms with Gasteiger partial charge in [-0.2, -0.15) is 0 Å². The average Bonchev–Trinajstić information content (AvgIpc) is 2.73. The standard InChI is InChI=1S/C28H48O2/c1-2-3-4-5-6-7-8-9-10-11-12-13-14-15-16-17-18-19-20-21-22-23-24-25-26-27-28(29)30/h6-7,9-10,12-13,15-16H,2-5,8,11,14,17-27H2,1H3,(H,29,30)/p-1/b7-6-,10-9-,13-12-,16-15-. The number of allylic oxidation sites excluding steroid dienone is 8. The first-order valence-corrected chi connectivity index (χ1v) is 12.6. The van der Waals surface area contributed by atoms with Gasteiger partial charge in [0, 0.05) is 5.97 Å². The van der Waals surface area contributed by atoms with E-state index in [0.717, 1.165) is 38.5 Å². The molecule has 2 nitrogen and oxygen atoms in total. The maximum absolute atomic E-state index is 10.3. The predicted octanol–water partition coefficient (Wildman–Crippen LogP) is 8.00. The highest BCUT2D eigenvalue weighted by atomic mass is 16.4. The molecule has 0 aromatic rings. The molecule has 0 fully saturated rings. The lowest BCUT2D eigenvalue weighted by atomic mass is 10.1. The number of carboxylic acids is 1. The fraction of sp³-hybridized carbons (Fsp3) is 0.679. The quantitative estimate of drug-likeness (QED) is 0.133. The van der Waals surface area contributed by atoms with Crippen LogP contribution in [0.2, 0.25) is 0 Å². The highest BCUT2D eigenvalue weighted by Gasteiger charge is 1.93. The van der Waals surface area contributed by atoms with E-state index in [1.807, 2.05) is 0 Å². The van der Waals surface area contributed by atoms with Crippen LogP contribution in [0.15, 0.2) is 48.6 Å². The van der Waals surface area contributed by atoms with Crippen LogP contribution in [0.1, 0.15) is 122 Å². The Morgan fingerprint density at radius 3 is 1.33 bits per heavy atom. The van der Waals surface area contributed by atoms with E-state index >= 15 is 0 Å². The molecule has 0 bridgehead atoms. The molecule has 0 atom stereocenters. The Kier molecular flexibility index (Phi) is 24.1. The van der Waals surface area contributed by atoms with Crippen molar-refractivity contribution in [2.75, 3.05) is 0 Å². The van der Waals surface area contributed by atoms with Crippen molar-refractivity contribution in [3.63, 3.8) is 0 Å². The van der Waals surface area contributed by atoms with Crippen LogP contribution in [0, 0.1) is 0 Å². The second-order valence-electron chi connectivity index (χ2n) is 8.18. The van der Waals surface area contributed by atoms with Gasteiger partial charge in [-0.25, -0.2) is 0 Å². The van der Waals surface area contributed by atoms with Crippen molar-refractivity contribution in [2.24, 2.45) is 0 Å². The van der Waals surface area contributed by atoms with Crippen LogP contribution in [-0.4, -0.2) is 5.97 Å². The summed E-state index contributed by atoms with van der Waals surface area (Å²) >= 11 is 0. The van der Waals surface area contributed by atoms with Crippen LogP contribution < -0.4 is 5.11 Å². The molecule has 0 radical (unpaired) electrons. The monoisotopic (exact) mass is 415 g/mol. The van der Waals surface area contributed by atoms with Crippen molar-refractivity contribution in [2.45, 2.75) is 122 Å². The van der Waals surface area contributed by atoms with Gasteiger partial charge >= 0.3 is 0 Å².